The number of allylic oxidation sites excluding steroid dienone is 1. The Morgan fingerprint density at radius 3 is 2.48 bits per heavy atom. The first-order chi connectivity index (χ1) is 13.2. The summed E-state index contributed by atoms with van der Waals surface area (Å²) in [5.41, 5.74) is 1.65. The third-order valence-electron chi connectivity index (χ3n) is 4.20. The first-order valence-electron chi connectivity index (χ1n) is 9.91. The molecule has 0 saturated carbocycles. The van der Waals surface area contributed by atoms with Crippen LogP contribution >= 0.6 is 11.8 Å². The third-order valence-corrected chi connectivity index (χ3v) is 5.42. The number of ketones is 1. The van der Waals surface area contributed by atoms with E-state index in [1.165, 1.54) is 24.2 Å². The van der Waals surface area contributed by atoms with E-state index in [1.807, 2.05) is 66.4 Å². The normalized spacial score (nSPS) is 11.0. The summed E-state index contributed by atoms with van der Waals surface area (Å²) in [6.45, 7) is 5.09. The molecule has 0 aliphatic rings. The van der Waals surface area contributed by atoms with Gasteiger partial charge in [0.2, 0.25) is 0 Å². The molecule has 0 amide bonds. The number of unbranched alkanes of at least 4 members (excludes halogenated alkanes) is 3. The molecular weight excluding hydrogens is 352 g/mol. The summed E-state index contributed by atoms with van der Waals surface area (Å²) in [4.78, 5) is 13.7. The molecule has 2 nitrogen and oxygen atoms in total. The van der Waals surface area contributed by atoms with Gasteiger partial charge in [-0.15, -0.1) is 11.8 Å². The summed E-state index contributed by atoms with van der Waals surface area (Å²) < 4.78 is 5.91. The third kappa shape index (κ3) is 7.64. The van der Waals surface area contributed by atoms with Gasteiger partial charge in [0.05, 0.1) is 6.61 Å². The van der Waals surface area contributed by atoms with Crippen LogP contribution in [0.5, 0.6) is 5.75 Å². The van der Waals surface area contributed by atoms with Gasteiger partial charge in [-0.05, 0) is 61.1 Å². The van der Waals surface area contributed by atoms with Gasteiger partial charge in [0.25, 0.3) is 0 Å². The average Bonchev–Trinajstić information content (AvgIpc) is 2.71. The number of hydrogen-bond donors (Lipinski definition) is 0. The van der Waals surface area contributed by atoms with E-state index in [2.05, 4.69) is 13.8 Å². The zero-order valence-corrected chi connectivity index (χ0v) is 17.3. The molecular formula is C24H30O2S. The van der Waals surface area contributed by atoms with Crippen molar-refractivity contribution in [1.29, 1.82) is 0 Å². The summed E-state index contributed by atoms with van der Waals surface area (Å²) in [5, 5.41) is 0. The highest BCUT2D eigenvalue weighted by Gasteiger charge is 2.04. The zero-order chi connectivity index (χ0) is 19.3. The fraction of sp³-hybridized carbons (Fsp3) is 0.375. The number of ether oxygens (including phenoxy) is 1. The lowest BCUT2D eigenvalue weighted by atomic mass is 10.1. The van der Waals surface area contributed by atoms with Crippen molar-refractivity contribution in [3.05, 3.63) is 65.7 Å². The quantitative estimate of drug-likeness (QED) is 0.170. The van der Waals surface area contributed by atoms with Gasteiger partial charge >= 0.3 is 0 Å². The molecule has 0 unspecified atom stereocenters. The van der Waals surface area contributed by atoms with Crippen LogP contribution in [-0.2, 0) is 0 Å². The van der Waals surface area contributed by atoms with Crippen molar-refractivity contribution in [2.24, 2.45) is 0 Å². The van der Waals surface area contributed by atoms with Crippen LogP contribution in [-0.4, -0.2) is 18.1 Å². The lowest BCUT2D eigenvalue weighted by Gasteiger charge is -2.09. The van der Waals surface area contributed by atoms with Gasteiger partial charge in [-0.2, -0.15) is 0 Å². The maximum atomic E-state index is 12.5. The van der Waals surface area contributed by atoms with Crippen molar-refractivity contribution in [3.8, 4) is 5.75 Å². The summed E-state index contributed by atoms with van der Waals surface area (Å²) >= 11 is 1.82. The molecule has 0 fully saturated rings. The second kappa shape index (κ2) is 12.4. The van der Waals surface area contributed by atoms with Crippen LogP contribution in [0.25, 0.3) is 6.08 Å². The van der Waals surface area contributed by atoms with Crippen molar-refractivity contribution in [1.82, 2.24) is 0 Å². The van der Waals surface area contributed by atoms with Crippen molar-refractivity contribution in [3.63, 3.8) is 0 Å². The molecule has 2 aromatic rings. The fourth-order valence-electron chi connectivity index (χ4n) is 2.66. The van der Waals surface area contributed by atoms with E-state index in [4.69, 9.17) is 4.74 Å². The minimum absolute atomic E-state index is 0.0137. The largest absolute Gasteiger partial charge is 0.493 e. The van der Waals surface area contributed by atoms with Crippen LogP contribution in [0, 0.1) is 0 Å². The van der Waals surface area contributed by atoms with E-state index in [0.717, 1.165) is 36.5 Å². The van der Waals surface area contributed by atoms with E-state index >= 15 is 0 Å². The summed E-state index contributed by atoms with van der Waals surface area (Å²) in [7, 11) is 0. The molecule has 0 heterocycles. The van der Waals surface area contributed by atoms with E-state index in [1.54, 1.807) is 6.08 Å². The number of rotatable bonds is 12. The second-order valence-electron chi connectivity index (χ2n) is 6.52. The molecule has 0 spiro atoms. The monoisotopic (exact) mass is 382 g/mol. The van der Waals surface area contributed by atoms with Gasteiger partial charge in [0, 0.05) is 16.0 Å². The van der Waals surface area contributed by atoms with Crippen LogP contribution in [0.15, 0.2) is 59.5 Å². The maximum absolute atomic E-state index is 12.5. The summed E-state index contributed by atoms with van der Waals surface area (Å²) in [5.74, 6) is 1.95. The Kier molecular flexibility index (Phi) is 9.78. The minimum Gasteiger partial charge on any atom is -0.493 e. The van der Waals surface area contributed by atoms with E-state index < -0.39 is 0 Å². The number of carbonyl (C=O) groups is 1. The van der Waals surface area contributed by atoms with Crippen LogP contribution < -0.4 is 4.74 Å². The number of thioether (sulfide) groups is 1. The Bertz CT molecular complexity index is 719. The molecule has 0 aliphatic heterocycles. The van der Waals surface area contributed by atoms with Gasteiger partial charge in [-0.25, -0.2) is 0 Å². The fourth-order valence-corrected chi connectivity index (χ4v) is 3.43. The molecule has 2 rings (SSSR count). The molecule has 3 heteroatoms. The lowest BCUT2D eigenvalue weighted by Crippen LogP contribution is -1.99. The Morgan fingerprint density at radius 2 is 1.74 bits per heavy atom. The predicted molar refractivity (Wildman–Crippen MR) is 117 cm³/mol. The molecule has 0 radical (unpaired) electrons. The standard InChI is InChI=1S/C24H30O2S/c1-3-5-6-9-18-26-24-11-8-7-10-21(24)14-17-23(25)20-12-15-22(16-13-20)27-19-4-2/h7-8,10-17H,3-6,9,18-19H2,1-2H3. The molecule has 0 aromatic heterocycles. The average molecular weight is 383 g/mol. The Hall–Kier alpha value is -2.00. The van der Waals surface area contributed by atoms with Gasteiger partial charge in [-0.3, -0.25) is 4.79 Å². The SMILES string of the molecule is CCCCCCOc1ccccc1C=CC(=O)c1ccc(SCCC)cc1. The van der Waals surface area contributed by atoms with E-state index in [9.17, 15) is 4.79 Å². The number of benzene rings is 2. The van der Waals surface area contributed by atoms with E-state index in [-0.39, 0.29) is 5.78 Å². The summed E-state index contributed by atoms with van der Waals surface area (Å²) in [6.07, 6.45) is 9.35. The van der Waals surface area contributed by atoms with Crippen LogP contribution in [0.1, 0.15) is 61.9 Å². The van der Waals surface area contributed by atoms with Crippen molar-refractivity contribution in [2.45, 2.75) is 50.8 Å². The number of carbonyl (C=O) groups excluding carboxylic acids is 1. The zero-order valence-electron chi connectivity index (χ0n) is 16.4. The van der Waals surface area contributed by atoms with Gasteiger partial charge in [0.1, 0.15) is 5.75 Å². The highest BCUT2D eigenvalue weighted by Crippen LogP contribution is 2.22. The molecule has 144 valence electrons. The van der Waals surface area contributed by atoms with Gasteiger partial charge in [0.15, 0.2) is 5.78 Å². The first-order valence-corrected chi connectivity index (χ1v) is 10.9. The van der Waals surface area contributed by atoms with Gasteiger partial charge < -0.3 is 4.74 Å². The lowest BCUT2D eigenvalue weighted by molar-refractivity contribution is 0.104. The van der Waals surface area contributed by atoms with Crippen LogP contribution in [0.4, 0.5) is 0 Å². The molecule has 2 aromatic carbocycles. The maximum Gasteiger partial charge on any atom is 0.185 e. The molecule has 27 heavy (non-hydrogen) atoms. The van der Waals surface area contributed by atoms with Crippen molar-refractivity contribution < 1.29 is 9.53 Å². The van der Waals surface area contributed by atoms with Gasteiger partial charge in [-0.1, -0.05) is 51.3 Å². The minimum atomic E-state index is 0.0137. The molecule has 0 saturated heterocycles. The summed E-state index contributed by atoms with van der Waals surface area (Å²) in [6, 6.07) is 15.7. The Labute approximate surface area is 168 Å². The van der Waals surface area contributed by atoms with Crippen molar-refractivity contribution >= 4 is 23.6 Å². The number of hydrogen-bond acceptors (Lipinski definition) is 3. The molecule has 0 bridgehead atoms. The molecule has 0 aliphatic carbocycles. The van der Waals surface area contributed by atoms with E-state index in [0.29, 0.717) is 5.56 Å². The highest BCUT2D eigenvalue weighted by atomic mass is 32.2. The Balaban J connectivity index is 1.95. The molecule has 0 N–H and O–H groups in total. The predicted octanol–water partition coefficient (Wildman–Crippen LogP) is 7.04. The van der Waals surface area contributed by atoms with Crippen LogP contribution in [0.2, 0.25) is 0 Å². The van der Waals surface area contributed by atoms with Crippen molar-refractivity contribution in [2.75, 3.05) is 12.4 Å². The Morgan fingerprint density at radius 1 is 0.963 bits per heavy atom. The van der Waals surface area contributed by atoms with Crippen LogP contribution in [0.3, 0.4) is 0 Å². The molecule has 0 atom stereocenters. The topological polar surface area (TPSA) is 26.3 Å². The smallest absolute Gasteiger partial charge is 0.185 e. The number of para-hydroxylation sites is 1. The first kappa shape index (κ1) is 21.3. The highest BCUT2D eigenvalue weighted by molar-refractivity contribution is 7.99. The second-order valence-corrected chi connectivity index (χ2v) is 7.69.